The van der Waals surface area contributed by atoms with Gasteiger partial charge in [-0.15, -0.1) is 0 Å². The molecule has 3 aromatic rings. The van der Waals surface area contributed by atoms with Gasteiger partial charge in [0.25, 0.3) is 0 Å². The Labute approximate surface area is 195 Å². The summed E-state index contributed by atoms with van der Waals surface area (Å²) in [6.45, 7) is 5.92. The highest BCUT2D eigenvalue weighted by atomic mass is 32.2. The molecule has 32 heavy (non-hydrogen) atoms. The molecule has 0 radical (unpaired) electrons. The first-order valence-electron chi connectivity index (χ1n) is 10.3. The molecule has 3 N–H and O–H groups in total. The fourth-order valence-corrected chi connectivity index (χ4v) is 3.20. The molecule has 0 saturated heterocycles. The fraction of sp³-hybridized carbons (Fsp3) is 0.148. The molecule has 0 unspecified atom stereocenters. The normalized spacial score (nSPS) is 11.6. The van der Waals surface area contributed by atoms with Crippen LogP contribution in [0.25, 0.3) is 11.3 Å². The van der Waals surface area contributed by atoms with Crippen molar-refractivity contribution in [2.45, 2.75) is 25.7 Å². The first kappa shape index (κ1) is 26.7. The summed E-state index contributed by atoms with van der Waals surface area (Å²) in [6, 6.07) is 25.5. The summed E-state index contributed by atoms with van der Waals surface area (Å²) in [5.41, 5.74) is 7.87. The lowest BCUT2D eigenvalue weighted by molar-refractivity contribution is 0.514. The van der Waals surface area contributed by atoms with Crippen LogP contribution in [-0.2, 0) is 0 Å². The van der Waals surface area contributed by atoms with Crippen molar-refractivity contribution < 1.29 is 9.50 Å². The van der Waals surface area contributed by atoms with Gasteiger partial charge in [0.1, 0.15) is 11.6 Å². The van der Waals surface area contributed by atoms with Gasteiger partial charge in [0.2, 0.25) is 0 Å². The molecule has 0 spiro atoms. The lowest BCUT2D eigenvalue weighted by Gasteiger charge is -2.07. The van der Waals surface area contributed by atoms with Crippen LogP contribution in [0.2, 0.25) is 0 Å². The minimum Gasteiger partial charge on any atom is -0.507 e. The van der Waals surface area contributed by atoms with Gasteiger partial charge in [-0.05, 0) is 49.0 Å². The molecule has 0 aromatic heterocycles. The van der Waals surface area contributed by atoms with E-state index < -0.39 is 0 Å². The van der Waals surface area contributed by atoms with Crippen LogP contribution in [0.5, 0.6) is 0 Å². The lowest BCUT2D eigenvalue weighted by atomic mass is 10.0. The maximum absolute atomic E-state index is 12.5. The Morgan fingerprint density at radius 3 is 1.84 bits per heavy atom. The zero-order chi connectivity index (χ0) is 23.8. The van der Waals surface area contributed by atoms with Crippen LogP contribution in [0.15, 0.2) is 107 Å². The summed E-state index contributed by atoms with van der Waals surface area (Å²) in [7, 11) is 1.74. The molecule has 0 aliphatic heterocycles. The van der Waals surface area contributed by atoms with Gasteiger partial charge in [-0.1, -0.05) is 86.3 Å². The van der Waals surface area contributed by atoms with Crippen LogP contribution in [0, 0.1) is 5.82 Å². The second-order valence-corrected chi connectivity index (χ2v) is 7.42. The van der Waals surface area contributed by atoms with E-state index in [-0.39, 0.29) is 11.6 Å². The van der Waals surface area contributed by atoms with E-state index in [0.29, 0.717) is 5.57 Å². The van der Waals surface area contributed by atoms with Gasteiger partial charge in [0, 0.05) is 23.1 Å². The first-order valence-corrected chi connectivity index (χ1v) is 11.2. The molecule has 0 heterocycles. The van der Waals surface area contributed by atoms with Crippen molar-refractivity contribution in [3.05, 3.63) is 114 Å². The van der Waals surface area contributed by atoms with E-state index in [1.165, 1.54) is 30.1 Å². The number of nitrogens with zero attached hydrogens (tertiary/aromatic N) is 1. The molecule has 0 saturated carbocycles. The molecule has 5 heteroatoms. The molecule has 0 bridgehead atoms. The number of halogens is 1. The lowest BCUT2D eigenvalue weighted by Crippen LogP contribution is -1.91. The Balaban J connectivity index is 0.000000318. The Morgan fingerprint density at radius 2 is 1.38 bits per heavy atom. The van der Waals surface area contributed by atoms with Crippen LogP contribution in [0.3, 0.4) is 0 Å². The minimum absolute atomic E-state index is 0.203. The number of aliphatic imine (C=N–C) groups is 1. The van der Waals surface area contributed by atoms with E-state index in [1.807, 2.05) is 81.4 Å². The van der Waals surface area contributed by atoms with Gasteiger partial charge in [-0.25, -0.2) is 4.39 Å². The van der Waals surface area contributed by atoms with Gasteiger partial charge in [0.15, 0.2) is 0 Å². The monoisotopic (exact) mass is 450 g/mol. The maximum Gasteiger partial charge on any atom is 0.130 e. The summed E-state index contributed by atoms with van der Waals surface area (Å²) < 4.78 is 12.5. The number of aliphatic hydroxyl groups is 1. The van der Waals surface area contributed by atoms with E-state index in [4.69, 9.17) is 5.73 Å². The number of nitrogens with two attached hydrogens (primary N) is 1. The predicted octanol–water partition coefficient (Wildman–Crippen LogP) is 7.58. The van der Waals surface area contributed by atoms with Gasteiger partial charge in [-0.3, -0.25) is 4.99 Å². The van der Waals surface area contributed by atoms with Crippen molar-refractivity contribution in [1.29, 1.82) is 0 Å². The number of thioether (sulfide) groups is 1. The molecule has 0 aliphatic rings. The van der Waals surface area contributed by atoms with E-state index >= 15 is 0 Å². The molecule has 0 atom stereocenters. The highest BCUT2D eigenvalue weighted by Crippen LogP contribution is 2.25. The zero-order valence-electron chi connectivity index (χ0n) is 19.0. The summed E-state index contributed by atoms with van der Waals surface area (Å²) in [4.78, 5) is 5.01. The Hall–Kier alpha value is -3.31. The molecule has 0 amide bonds. The average molecular weight is 451 g/mol. The van der Waals surface area contributed by atoms with E-state index in [1.54, 1.807) is 25.3 Å². The summed E-state index contributed by atoms with van der Waals surface area (Å²) in [5.74, 6) is 0.0222. The number of aliphatic hydroxyl groups excluding tert-OH is 1. The first-order chi connectivity index (χ1) is 15.5. The minimum atomic E-state index is -0.203. The Bertz CT molecular complexity index is 999. The van der Waals surface area contributed by atoms with Gasteiger partial charge in [-0.2, -0.15) is 0 Å². The van der Waals surface area contributed by atoms with Crippen molar-refractivity contribution in [1.82, 2.24) is 0 Å². The largest absolute Gasteiger partial charge is 0.507 e. The quantitative estimate of drug-likeness (QED) is 0.108. The molecule has 0 aliphatic carbocycles. The summed E-state index contributed by atoms with van der Waals surface area (Å²) >= 11 is 1.54. The second kappa shape index (κ2) is 15.5. The van der Waals surface area contributed by atoms with Crippen LogP contribution < -0.4 is 5.73 Å². The predicted molar refractivity (Wildman–Crippen MR) is 138 cm³/mol. The van der Waals surface area contributed by atoms with E-state index in [2.05, 4.69) is 4.99 Å². The average Bonchev–Trinajstić information content (AvgIpc) is 2.86. The summed E-state index contributed by atoms with van der Waals surface area (Å²) in [6.07, 6.45) is 3.14. The Kier molecular flexibility index (Phi) is 12.9. The SMILES string of the molecule is CC.CN=C(C)Sc1ccc(F)cc1.N/C=C/C(=C(\O)c1ccccc1)c1ccccc1. The molecule has 168 valence electrons. The van der Waals surface area contributed by atoms with Gasteiger partial charge >= 0.3 is 0 Å². The maximum atomic E-state index is 12.5. The molecule has 0 fully saturated rings. The van der Waals surface area contributed by atoms with Crippen LogP contribution in [-0.4, -0.2) is 17.2 Å². The van der Waals surface area contributed by atoms with Crippen molar-refractivity contribution >= 4 is 28.1 Å². The van der Waals surface area contributed by atoms with E-state index in [9.17, 15) is 9.50 Å². The van der Waals surface area contributed by atoms with E-state index in [0.717, 1.165) is 21.1 Å². The number of hydrogen-bond acceptors (Lipinski definition) is 4. The number of rotatable bonds is 4. The van der Waals surface area contributed by atoms with Crippen molar-refractivity contribution in [3.63, 3.8) is 0 Å². The van der Waals surface area contributed by atoms with Crippen LogP contribution >= 0.6 is 11.8 Å². The third-order valence-electron chi connectivity index (χ3n) is 4.04. The molecule has 3 aromatic carbocycles. The number of allylic oxidation sites excluding steroid dienone is 2. The molecular formula is C27H31FN2OS. The highest BCUT2D eigenvalue weighted by molar-refractivity contribution is 8.13. The van der Waals surface area contributed by atoms with Gasteiger partial charge in [0.05, 0.1) is 5.04 Å². The van der Waals surface area contributed by atoms with Gasteiger partial charge < -0.3 is 10.8 Å². The standard InChI is InChI=1S/C16H15NO.C9H10FNS.C2H6/c17-12-11-15(13-7-3-1-4-8-13)16(18)14-9-5-2-6-10-14;1-7(11-2)12-9-5-3-8(10)4-6-9;1-2/h1-12,18H,17H2;3-6H,1-2H3;1-2H3/b12-11+,16-15+;;. The Morgan fingerprint density at radius 1 is 0.875 bits per heavy atom. The fourth-order valence-electron chi connectivity index (χ4n) is 2.50. The van der Waals surface area contributed by atoms with Crippen molar-refractivity contribution in [2.75, 3.05) is 7.05 Å². The summed E-state index contributed by atoms with van der Waals surface area (Å²) in [5, 5.41) is 11.3. The number of benzene rings is 3. The third-order valence-corrected chi connectivity index (χ3v) is 5.03. The van der Waals surface area contributed by atoms with Crippen LogP contribution in [0.1, 0.15) is 31.9 Å². The third kappa shape index (κ3) is 9.23. The number of hydrogen-bond donors (Lipinski definition) is 2. The van der Waals surface area contributed by atoms with Crippen molar-refractivity contribution in [3.8, 4) is 0 Å². The topological polar surface area (TPSA) is 58.6 Å². The molecule has 3 nitrogen and oxygen atoms in total. The smallest absolute Gasteiger partial charge is 0.130 e. The van der Waals surface area contributed by atoms with Crippen molar-refractivity contribution in [2.24, 2.45) is 10.7 Å². The zero-order valence-corrected chi connectivity index (χ0v) is 19.8. The molecular weight excluding hydrogens is 419 g/mol. The molecule has 3 rings (SSSR count). The highest BCUT2D eigenvalue weighted by Gasteiger charge is 2.07. The van der Waals surface area contributed by atoms with Crippen LogP contribution in [0.4, 0.5) is 4.39 Å². The second-order valence-electron chi connectivity index (χ2n) is 6.15.